The summed E-state index contributed by atoms with van der Waals surface area (Å²) in [6.07, 6.45) is 4.39. The summed E-state index contributed by atoms with van der Waals surface area (Å²) in [5.41, 5.74) is 5.92. The van der Waals surface area contributed by atoms with Crippen molar-refractivity contribution < 1.29 is 5.11 Å². The second kappa shape index (κ2) is 5.69. The molecule has 3 nitrogen and oxygen atoms in total. The van der Waals surface area contributed by atoms with Crippen LogP contribution in [0.15, 0.2) is 0 Å². The van der Waals surface area contributed by atoms with Crippen molar-refractivity contribution in [2.75, 3.05) is 13.2 Å². The van der Waals surface area contributed by atoms with E-state index in [1.807, 2.05) is 0 Å². The molecule has 0 aromatic carbocycles. The number of aliphatic hydroxyl groups is 1. The number of aliphatic hydroxyl groups excluding tert-OH is 1. The van der Waals surface area contributed by atoms with Gasteiger partial charge in [0.15, 0.2) is 0 Å². The largest absolute Gasteiger partial charge is 0.396 e. The first kappa shape index (κ1) is 12.0. The lowest BCUT2D eigenvalue weighted by atomic mass is 10.1. The van der Waals surface area contributed by atoms with Crippen molar-refractivity contribution >= 4 is 0 Å². The van der Waals surface area contributed by atoms with Gasteiger partial charge in [0.05, 0.1) is 0 Å². The van der Waals surface area contributed by atoms with Crippen molar-refractivity contribution in [2.45, 2.75) is 57.7 Å². The van der Waals surface area contributed by atoms with Crippen LogP contribution in [0.2, 0.25) is 0 Å². The minimum atomic E-state index is 0.294. The molecule has 0 radical (unpaired) electrons. The summed E-state index contributed by atoms with van der Waals surface area (Å²) in [7, 11) is 0. The molecule has 0 aliphatic heterocycles. The molecule has 0 bridgehead atoms. The van der Waals surface area contributed by atoms with Crippen LogP contribution in [0.5, 0.6) is 0 Å². The van der Waals surface area contributed by atoms with Crippen molar-refractivity contribution in [2.24, 2.45) is 5.73 Å². The Balaban J connectivity index is 2.41. The van der Waals surface area contributed by atoms with Crippen molar-refractivity contribution in [3.05, 3.63) is 0 Å². The Morgan fingerprint density at radius 1 is 1.43 bits per heavy atom. The van der Waals surface area contributed by atoms with Crippen molar-refractivity contribution in [1.29, 1.82) is 0 Å². The minimum absolute atomic E-state index is 0.294. The van der Waals surface area contributed by atoms with Crippen LogP contribution in [0.3, 0.4) is 0 Å². The first-order valence-corrected chi connectivity index (χ1v) is 5.77. The van der Waals surface area contributed by atoms with Crippen molar-refractivity contribution in [3.63, 3.8) is 0 Å². The molecule has 0 heterocycles. The zero-order valence-electron chi connectivity index (χ0n) is 9.45. The number of rotatable bonds is 5. The Morgan fingerprint density at radius 2 is 2.14 bits per heavy atom. The van der Waals surface area contributed by atoms with Crippen LogP contribution in [0.1, 0.15) is 39.5 Å². The predicted octanol–water partition coefficient (Wildman–Crippen LogP) is 0.959. The smallest absolute Gasteiger partial charge is 0.0443 e. The summed E-state index contributed by atoms with van der Waals surface area (Å²) in [4.78, 5) is 2.49. The Hall–Kier alpha value is -0.120. The van der Waals surface area contributed by atoms with Gasteiger partial charge in [0.25, 0.3) is 0 Å². The summed E-state index contributed by atoms with van der Waals surface area (Å²) >= 11 is 0. The van der Waals surface area contributed by atoms with E-state index in [2.05, 4.69) is 18.7 Å². The van der Waals surface area contributed by atoms with Crippen molar-refractivity contribution in [3.8, 4) is 0 Å². The molecule has 3 N–H and O–H groups in total. The van der Waals surface area contributed by atoms with Gasteiger partial charge in [0, 0.05) is 31.3 Å². The van der Waals surface area contributed by atoms with Crippen LogP contribution < -0.4 is 5.73 Å². The highest BCUT2D eigenvalue weighted by atomic mass is 16.3. The molecule has 1 aliphatic rings. The summed E-state index contributed by atoms with van der Waals surface area (Å²) in [6, 6.07) is 1.61. The SMILES string of the molecule is CC(C)N(CCCO)C1CCC(N)C1. The van der Waals surface area contributed by atoms with E-state index in [9.17, 15) is 0 Å². The van der Waals surface area contributed by atoms with E-state index < -0.39 is 0 Å². The molecule has 2 unspecified atom stereocenters. The third kappa shape index (κ3) is 3.23. The van der Waals surface area contributed by atoms with E-state index in [0.717, 1.165) is 25.8 Å². The van der Waals surface area contributed by atoms with E-state index >= 15 is 0 Å². The second-order valence-corrected chi connectivity index (χ2v) is 4.64. The molecule has 1 rings (SSSR count). The van der Waals surface area contributed by atoms with Gasteiger partial charge in [-0.15, -0.1) is 0 Å². The quantitative estimate of drug-likeness (QED) is 0.695. The van der Waals surface area contributed by atoms with Gasteiger partial charge in [0.2, 0.25) is 0 Å². The van der Waals surface area contributed by atoms with E-state index in [0.29, 0.717) is 24.7 Å². The Labute approximate surface area is 87.3 Å². The van der Waals surface area contributed by atoms with Gasteiger partial charge < -0.3 is 10.8 Å². The van der Waals surface area contributed by atoms with E-state index in [1.54, 1.807) is 0 Å². The van der Waals surface area contributed by atoms with Gasteiger partial charge in [-0.25, -0.2) is 0 Å². The molecule has 0 spiro atoms. The molecule has 1 fully saturated rings. The highest BCUT2D eigenvalue weighted by Crippen LogP contribution is 2.24. The highest BCUT2D eigenvalue weighted by Gasteiger charge is 2.28. The van der Waals surface area contributed by atoms with Crippen LogP contribution >= 0.6 is 0 Å². The second-order valence-electron chi connectivity index (χ2n) is 4.64. The van der Waals surface area contributed by atoms with Gasteiger partial charge in [0.1, 0.15) is 0 Å². The van der Waals surface area contributed by atoms with Crippen LogP contribution in [0.4, 0.5) is 0 Å². The van der Waals surface area contributed by atoms with Crippen molar-refractivity contribution in [1.82, 2.24) is 4.90 Å². The summed E-state index contributed by atoms with van der Waals surface area (Å²) in [5.74, 6) is 0. The minimum Gasteiger partial charge on any atom is -0.396 e. The number of hydrogen-bond donors (Lipinski definition) is 2. The zero-order valence-corrected chi connectivity index (χ0v) is 9.45. The molecule has 14 heavy (non-hydrogen) atoms. The summed E-state index contributed by atoms with van der Waals surface area (Å²) < 4.78 is 0. The standard InChI is InChI=1S/C11H24N2O/c1-9(2)13(6-3-7-14)11-5-4-10(12)8-11/h9-11,14H,3-8,12H2,1-2H3. The Morgan fingerprint density at radius 3 is 2.57 bits per heavy atom. The average molecular weight is 200 g/mol. The lowest BCUT2D eigenvalue weighted by Gasteiger charge is -2.32. The van der Waals surface area contributed by atoms with Crippen LogP contribution in [0.25, 0.3) is 0 Å². The molecule has 0 aromatic rings. The monoisotopic (exact) mass is 200 g/mol. The van der Waals surface area contributed by atoms with Crippen LogP contribution in [-0.4, -0.2) is 41.3 Å². The molecule has 84 valence electrons. The predicted molar refractivity (Wildman–Crippen MR) is 59.2 cm³/mol. The van der Waals surface area contributed by atoms with Gasteiger partial charge in [-0.1, -0.05) is 0 Å². The molecule has 1 aliphatic carbocycles. The van der Waals surface area contributed by atoms with Crippen LogP contribution in [0, 0.1) is 0 Å². The zero-order chi connectivity index (χ0) is 10.6. The number of nitrogens with two attached hydrogens (primary N) is 1. The molecule has 0 aromatic heterocycles. The van der Waals surface area contributed by atoms with Gasteiger partial charge in [-0.05, 0) is 39.5 Å². The fraction of sp³-hybridized carbons (Fsp3) is 1.00. The first-order valence-electron chi connectivity index (χ1n) is 5.77. The van der Waals surface area contributed by atoms with Gasteiger partial charge >= 0.3 is 0 Å². The van der Waals surface area contributed by atoms with Gasteiger partial charge in [-0.3, -0.25) is 4.90 Å². The third-order valence-electron chi connectivity index (χ3n) is 3.15. The molecule has 0 amide bonds. The molecule has 1 saturated carbocycles. The number of nitrogens with zero attached hydrogens (tertiary/aromatic N) is 1. The fourth-order valence-corrected chi connectivity index (χ4v) is 2.41. The van der Waals surface area contributed by atoms with Gasteiger partial charge in [-0.2, -0.15) is 0 Å². The van der Waals surface area contributed by atoms with E-state index in [-0.39, 0.29) is 0 Å². The lowest BCUT2D eigenvalue weighted by molar-refractivity contribution is 0.139. The average Bonchev–Trinajstić information content (AvgIpc) is 2.52. The Kier molecular flexibility index (Phi) is 4.85. The van der Waals surface area contributed by atoms with E-state index in [1.165, 1.54) is 6.42 Å². The maximum Gasteiger partial charge on any atom is 0.0443 e. The molecule has 0 saturated heterocycles. The molecule has 3 heteroatoms. The fourth-order valence-electron chi connectivity index (χ4n) is 2.41. The maximum absolute atomic E-state index is 8.84. The molecule has 2 atom stereocenters. The summed E-state index contributed by atoms with van der Waals surface area (Å²) in [5, 5.41) is 8.84. The van der Waals surface area contributed by atoms with Crippen LogP contribution in [-0.2, 0) is 0 Å². The van der Waals surface area contributed by atoms with E-state index in [4.69, 9.17) is 10.8 Å². The topological polar surface area (TPSA) is 49.5 Å². The lowest BCUT2D eigenvalue weighted by Crippen LogP contribution is -2.40. The molecular formula is C11H24N2O. The normalized spacial score (nSPS) is 27.9. The number of hydrogen-bond acceptors (Lipinski definition) is 3. The first-order chi connectivity index (χ1) is 6.65. The Bertz CT molecular complexity index is 161. The summed E-state index contributed by atoms with van der Waals surface area (Å²) in [6.45, 7) is 5.75. The third-order valence-corrected chi connectivity index (χ3v) is 3.15. The maximum atomic E-state index is 8.84. The highest BCUT2D eigenvalue weighted by molar-refractivity contribution is 4.86. The molecular weight excluding hydrogens is 176 g/mol.